The highest BCUT2D eigenvalue weighted by Gasteiger charge is 2.26. The number of nitriles is 1. The van der Waals surface area contributed by atoms with E-state index in [4.69, 9.17) is 5.26 Å². The number of nitrogens with zero attached hydrogens (tertiary/aromatic N) is 1. The van der Waals surface area contributed by atoms with Crippen LogP contribution < -0.4 is 0 Å². The zero-order chi connectivity index (χ0) is 13.9. The van der Waals surface area contributed by atoms with E-state index in [-0.39, 0.29) is 6.61 Å². The van der Waals surface area contributed by atoms with Gasteiger partial charge in [-0.05, 0) is 6.92 Å². The summed E-state index contributed by atoms with van der Waals surface area (Å²) >= 11 is 0. The van der Waals surface area contributed by atoms with Crippen molar-refractivity contribution < 1.29 is 27.1 Å². The molecule has 0 aliphatic carbocycles. The van der Waals surface area contributed by atoms with Gasteiger partial charge < -0.3 is 4.74 Å². The second-order valence-electron chi connectivity index (χ2n) is 3.20. The minimum Gasteiger partial charge on any atom is -0.466 e. The predicted octanol–water partition coefficient (Wildman–Crippen LogP) is 2.22. The lowest BCUT2D eigenvalue weighted by atomic mass is 10.1. The van der Waals surface area contributed by atoms with E-state index in [2.05, 4.69) is 4.74 Å². The Morgan fingerprint density at radius 3 is 2.06 bits per heavy atom. The molecular weight excluding hydrogens is 254 g/mol. The van der Waals surface area contributed by atoms with Crippen molar-refractivity contribution in [1.82, 2.24) is 0 Å². The van der Waals surface area contributed by atoms with Crippen molar-refractivity contribution in [1.29, 1.82) is 5.26 Å². The first-order valence-electron chi connectivity index (χ1n) is 4.84. The normalized spacial score (nSPS) is 10.0. The molecule has 1 aromatic rings. The second kappa shape index (κ2) is 5.49. The summed E-state index contributed by atoms with van der Waals surface area (Å²) in [4.78, 5) is 11.0. The van der Waals surface area contributed by atoms with E-state index >= 15 is 0 Å². The third-order valence-electron chi connectivity index (χ3n) is 2.09. The molecule has 0 amide bonds. The molecule has 0 aliphatic rings. The summed E-state index contributed by atoms with van der Waals surface area (Å²) in [5.74, 6) is -8.21. The molecule has 0 radical (unpaired) electrons. The topological polar surface area (TPSA) is 50.1 Å². The van der Waals surface area contributed by atoms with Gasteiger partial charge >= 0.3 is 5.97 Å². The molecule has 0 heterocycles. The van der Waals surface area contributed by atoms with Gasteiger partial charge in [-0.15, -0.1) is 0 Å². The predicted molar refractivity (Wildman–Crippen MR) is 51.3 cm³/mol. The lowest BCUT2D eigenvalue weighted by Crippen LogP contribution is -2.14. The first-order chi connectivity index (χ1) is 8.43. The van der Waals surface area contributed by atoms with Crippen molar-refractivity contribution in [2.45, 2.75) is 13.3 Å². The minimum atomic E-state index is -1.82. The molecule has 0 aliphatic heterocycles. The van der Waals surface area contributed by atoms with Gasteiger partial charge in [-0.2, -0.15) is 5.26 Å². The van der Waals surface area contributed by atoms with Crippen molar-refractivity contribution in [2.75, 3.05) is 6.61 Å². The van der Waals surface area contributed by atoms with Crippen LogP contribution in [0, 0.1) is 34.6 Å². The number of rotatable bonds is 3. The zero-order valence-electron chi connectivity index (χ0n) is 9.19. The monoisotopic (exact) mass is 261 g/mol. The van der Waals surface area contributed by atoms with Gasteiger partial charge in [-0.1, -0.05) is 0 Å². The summed E-state index contributed by atoms with van der Waals surface area (Å²) in [5, 5.41) is 8.35. The first kappa shape index (κ1) is 14.0. The molecule has 0 fully saturated rings. The number of esters is 1. The molecule has 1 rings (SSSR count). The Morgan fingerprint density at radius 1 is 1.17 bits per heavy atom. The zero-order valence-corrected chi connectivity index (χ0v) is 9.19. The molecule has 0 aromatic heterocycles. The summed E-state index contributed by atoms with van der Waals surface area (Å²) < 4.78 is 57.5. The van der Waals surface area contributed by atoms with E-state index in [1.54, 1.807) is 0 Å². The molecule has 96 valence electrons. The maximum atomic E-state index is 13.4. The van der Waals surface area contributed by atoms with E-state index in [0.29, 0.717) is 0 Å². The Bertz CT molecular complexity index is 508. The summed E-state index contributed by atoms with van der Waals surface area (Å²) in [6, 6.07) is 1.00. The van der Waals surface area contributed by atoms with Crippen molar-refractivity contribution >= 4 is 5.97 Å². The molecule has 0 saturated heterocycles. The van der Waals surface area contributed by atoms with E-state index in [1.165, 1.54) is 6.92 Å². The largest absolute Gasteiger partial charge is 0.466 e. The Kier molecular flexibility index (Phi) is 4.26. The van der Waals surface area contributed by atoms with Crippen LogP contribution in [-0.4, -0.2) is 12.6 Å². The standard InChI is InChI=1S/C11H7F4NO2/c1-2-18-7(17)3-5-8(12)10(14)6(4-16)11(15)9(5)13/h2-3H2,1H3. The molecule has 0 unspecified atom stereocenters. The van der Waals surface area contributed by atoms with Gasteiger partial charge in [0.2, 0.25) is 0 Å². The molecule has 1 aromatic carbocycles. The van der Waals surface area contributed by atoms with Crippen molar-refractivity contribution in [3.8, 4) is 6.07 Å². The number of carbonyl (C=O) groups is 1. The first-order valence-corrected chi connectivity index (χ1v) is 4.84. The maximum Gasteiger partial charge on any atom is 0.310 e. The van der Waals surface area contributed by atoms with Crippen molar-refractivity contribution in [2.24, 2.45) is 0 Å². The fraction of sp³-hybridized carbons (Fsp3) is 0.273. The Labute approximate surface area is 99.6 Å². The van der Waals surface area contributed by atoms with Crippen LogP contribution in [0.15, 0.2) is 0 Å². The highest BCUT2D eigenvalue weighted by Crippen LogP contribution is 2.24. The molecule has 0 spiro atoms. The van der Waals surface area contributed by atoms with Crippen LogP contribution in [0.25, 0.3) is 0 Å². The molecule has 18 heavy (non-hydrogen) atoms. The van der Waals surface area contributed by atoms with Gasteiger partial charge in [-0.25, -0.2) is 17.6 Å². The lowest BCUT2D eigenvalue weighted by molar-refractivity contribution is -0.142. The molecule has 7 heteroatoms. The van der Waals surface area contributed by atoms with Crippen LogP contribution in [0.5, 0.6) is 0 Å². The molecular formula is C11H7F4NO2. The van der Waals surface area contributed by atoms with Crippen LogP contribution >= 0.6 is 0 Å². The van der Waals surface area contributed by atoms with Gasteiger partial charge in [0.1, 0.15) is 11.6 Å². The summed E-state index contributed by atoms with van der Waals surface area (Å²) in [5.41, 5.74) is -2.46. The van der Waals surface area contributed by atoms with Gasteiger partial charge in [-0.3, -0.25) is 4.79 Å². The number of benzene rings is 1. The highest BCUT2D eigenvalue weighted by molar-refractivity contribution is 5.72. The van der Waals surface area contributed by atoms with Gasteiger partial charge in [0, 0.05) is 5.56 Å². The number of ether oxygens (including phenoxy) is 1. The summed E-state index contributed by atoms with van der Waals surface area (Å²) in [6.07, 6.45) is -0.953. The molecule has 3 nitrogen and oxygen atoms in total. The van der Waals surface area contributed by atoms with E-state index in [0.717, 1.165) is 6.07 Å². The van der Waals surface area contributed by atoms with Crippen LogP contribution in [0.3, 0.4) is 0 Å². The fourth-order valence-corrected chi connectivity index (χ4v) is 1.29. The Hall–Kier alpha value is -2.10. The SMILES string of the molecule is CCOC(=O)Cc1c(F)c(F)c(C#N)c(F)c1F. The smallest absolute Gasteiger partial charge is 0.310 e. The average molecular weight is 261 g/mol. The van der Waals surface area contributed by atoms with E-state index in [1.807, 2.05) is 0 Å². The summed E-state index contributed by atoms with van der Waals surface area (Å²) in [7, 11) is 0. The van der Waals surface area contributed by atoms with Crippen LogP contribution in [0.1, 0.15) is 18.1 Å². The van der Waals surface area contributed by atoms with Crippen LogP contribution in [0.2, 0.25) is 0 Å². The van der Waals surface area contributed by atoms with Gasteiger partial charge in [0.25, 0.3) is 0 Å². The van der Waals surface area contributed by atoms with Gasteiger partial charge in [0.15, 0.2) is 23.3 Å². The van der Waals surface area contributed by atoms with E-state index in [9.17, 15) is 22.4 Å². The van der Waals surface area contributed by atoms with Crippen molar-refractivity contribution in [3.63, 3.8) is 0 Å². The third kappa shape index (κ3) is 2.42. The van der Waals surface area contributed by atoms with E-state index < -0.39 is 46.8 Å². The van der Waals surface area contributed by atoms with Crippen molar-refractivity contribution in [3.05, 3.63) is 34.4 Å². The number of hydrogen-bond donors (Lipinski definition) is 0. The Morgan fingerprint density at radius 2 is 1.67 bits per heavy atom. The van der Waals surface area contributed by atoms with Crippen LogP contribution in [0.4, 0.5) is 17.6 Å². The average Bonchev–Trinajstić information content (AvgIpc) is 2.33. The number of hydrogen-bond acceptors (Lipinski definition) is 3. The quantitative estimate of drug-likeness (QED) is 0.476. The highest BCUT2D eigenvalue weighted by atomic mass is 19.2. The fourth-order valence-electron chi connectivity index (χ4n) is 1.29. The number of halogens is 4. The van der Waals surface area contributed by atoms with Crippen LogP contribution in [-0.2, 0) is 16.0 Å². The molecule has 0 atom stereocenters. The molecule has 0 N–H and O–H groups in total. The molecule has 0 bridgehead atoms. The molecule has 0 saturated carbocycles. The summed E-state index contributed by atoms with van der Waals surface area (Å²) in [6.45, 7) is 1.42. The minimum absolute atomic E-state index is 0.0384. The second-order valence-corrected chi connectivity index (χ2v) is 3.20. The van der Waals surface area contributed by atoms with Gasteiger partial charge in [0.05, 0.1) is 13.0 Å². The maximum absolute atomic E-state index is 13.4. The number of carbonyl (C=O) groups excluding carboxylic acids is 1. The lowest BCUT2D eigenvalue weighted by Gasteiger charge is -2.08. The Balaban J connectivity index is 3.30. The third-order valence-corrected chi connectivity index (χ3v) is 2.09.